The van der Waals surface area contributed by atoms with Crippen molar-refractivity contribution in [1.29, 1.82) is 0 Å². The maximum Gasteiger partial charge on any atom is 0.458 e. The van der Waals surface area contributed by atoms with E-state index in [1.54, 1.807) is 45.3 Å². The van der Waals surface area contributed by atoms with Crippen LogP contribution in [-0.2, 0) is 17.2 Å². The minimum absolute atomic E-state index is 0.0916. The summed E-state index contributed by atoms with van der Waals surface area (Å²) in [6, 6.07) is 8.31. The molecule has 3 aromatic rings. The van der Waals surface area contributed by atoms with Crippen molar-refractivity contribution >= 4 is 23.5 Å². The molecular formula is C30H32F5N5O4. The molecule has 3 heterocycles. The molecule has 1 aliphatic heterocycles. The van der Waals surface area contributed by atoms with Crippen molar-refractivity contribution in [1.82, 2.24) is 14.9 Å². The number of nitrogens with one attached hydrogen (secondary N) is 2. The molecule has 1 fully saturated rings. The minimum Gasteiger partial charge on any atom is -0.491 e. The van der Waals surface area contributed by atoms with Gasteiger partial charge in [0.15, 0.2) is 0 Å². The van der Waals surface area contributed by atoms with Crippen molar-refractivity contribution in [2.24, 2.45) is 0 Å². The Morgan fingerprint density at radius 3 is 2.43 bits per heavy atom. The molecule has 0 spiro atoms. The van der Waals surface area contributed by atoms with Crippen LogP contribution in [0.15, 0.2) is 61.1 Å². The van der Waals surface area contributed by atoms with E-state index in [9.17, 15) is 31.5 Å². The van der Waals surface area contributed by atoms with E-state index in [2.05, 4.69) is 20.6 Å². The number of benzene rings is 1. The highest BCUT2D eigenvalue weighted by atomic mass is 19.4. The molecule has 9 nitrogen and oxygen atoms in total. The van der Waals surface area contributed by atoms with Gasteiger partial charge < -0.3 is 25.0 Å². The van der Waals surface area contributed by atoms with E-state index in [-0.39, 0.29) is 23.7 Å². The highest BCUT2D eigenvalue weighted by Gasteiger charge is 2.60. The van der Waals surface area contributed by atoms with Crippen LogP contribution in [0.3, 0.4) is 0 Å². The number of halogens is 5. The maximum atomic E-state index is 14.6. The third kappa shape index (κ3) is 7.91. The van der Waals surface area contributed by atoms with Crippen LogP contribution in [0.5, 0.6) is 5.75 Å². The van der Waals surface area contributed by atoms with Crippen molar-refractivity contribution in [3.05, 3.63) is 77.7 Å². The van der Waals surface area contributed by atoms with Gasteiger partial charge in [-0.05, 0) is 75.6 Å². The first-order valence-corrected chi connectivity index (χ1v) is 13.8. The Kier molecular flexibility index (Phi) is 9.59. The lowest BCUT2D eigenvalue weighted by Crippen LogP contribution is -2.42. The molecule has 1 aliphatic rings. The van der Waals surface area contributed by atoms with Crippen molar-refractivity contribution in [3.8, 4) is 5.75 Å². The van der Waals surface area contributed by atoms with E-state index >= 15 is 0 Å². The summed E-state index contributed by atoms with van der Waals surface area (Å²) in [5.74, 6) is -6.51. The molecule has 2 N–H and O–H groups in total. The average molecular weight is 622 g/mol. The first-order valence-electron chi connectivity index (χ1n) is 13.8. The van der Waals surface area contributed by atoms with Crippen LogP contribution in [0, 0.1) is 0 Å². The Bertz CT molecular complexity index is 1460. The van der Waals surface area contributed by atoms with Gasteiger partial charge >= 0.3 is 18.2 Å². The van der Waals surface area contributed by atoms with Gasteiger partial charge in [0.2, 0.25) is 0 Å². The van der Waals surface area contributed by atoms with Crippen LogP contribution >= 0.6 is 0 Å². The van der Waals surface area contributed by atoms with Crippen LogP contribution in [0.4, 0.5) is 38.3 Å². The molecule has 4 rings (SSSR count). The van der Waals surface area contributed by atoms with E-state index in [0.717, 1.165) is 17.7 Å². The van der Waals surface area contributed by atoms with Gasteiger partial charge in [0, 0.05) is 43.4 Å². The molecule has 2 aromatic heterocycles. The first kappa shape index (κ1) is 32.4. The zero-order valence-corrected chi connectivity index (χ0v) is 24.3. The number of rotatable bonds is 9. The maximum absolute atomic E-state index is 14.6. The minimum atomic E-state index is -5.91. The second-order valence-corrected chi connectivity index (χ2v) is 11.1. The topological polar surface area (TPSA) is 106 Å². The molecule has 44 heavy (non-hydrogen) atoms. The van der Waals surface area contributed by atoms with Gasteiger partial charge in [-0.25, -0.2) is 9.78 Å². The summed E-state index contributed by atoms with van der Waals surface area (Å²) in [4.78, 5) is 35.3. The number of nitrogens with zero attached hydrogens (tertiary/aromatic N) is 3. The van der Waals surface area contributed by atoms with E-state index in [4.69, 9.17) is 9.47 Å². The Labute approximate surface area is 250 Å². The van der Waals surface area contributed by atoms with Crippen LogP contribution in [0.2, 0.25) is 0 Å². The zero-order chi connectivity index (χ0) is 32.1. The van der Waals surface area contributed by atoms with E-state index < -0.39 is 47.1 Å². The lowest BCUT2D eigenvalue weighted by atomic mass is 10.1. The molecule has 236 valence electrons. The molecule has 14 heteroatoms. The Hall–Kier alpha value is -4.49. The first-order chi connectivity index (χ1) is 20.7. The summed E-state index contributed by atoms with van der Waals surface area (Å²) in [5.41, 5.74) is -1.33. The highest BCUT2D eigenvalue weighted by molar-refractivity contribution is 6.07. The Morgan fingerprint density at radius 1 is 1.02 bits per heavy atom. The van der Waals surface area contributed by atoms with Gasteiger partial charge in [0.25, 0.3) is 5.91 Å². The number of anilines is 2. The number of amides is 2. The van der Waals surface area contributed by atoms with E-state index in [0.29, 0.717) is 32.0 Å². The standard InChI is InChI=1S/C30H32F5N5O4/c1-28(2,3)44-27(42)40-15-5-6-21(40)18-43-24-16-20(8-9-23(24)29(31,32)30(33,34)35)39-26(41)22-7-4-12-37-25(22)38-17-19-10-13-36-14-11-19/h4,7-14,16,21H,5-6,15,17-18H2,1-3H3,(H,37,38)(H,39,41)/t21-/m1/s1. The number of likely N-dealkylation sites (tertiary alicyclic amines) is 1. The van der Waals surface area contributed by atoms with Crippen LogP contribution in [0.25, 0.3) is 0 Å². The number of aromatic nitrogens is 2. The fourth-order valence-corrected chi connectivity index (χ4v) is 4.50. The third-order valence-electron chi connectivity index (χ3n) is 6.63. The highest BCUT2D eigenvalue weighted by Crippen LogP contribution is 2.48. The predicted octanol–water partition coefficient (Wildman–Crippen LogP) is 6.77. The number of alkyl halides is 5. The largest absolute Gasteiger partial charge is 0.491 e. The molecule has 0 radical (unpaired) electrons. The molecule has 0 unspecified atom stereocenters. The SMILES string of the molecule is CC(C)(C)OC(=O)N1CCC[C@@H]1COc1cc(NC(=O)c2cccnc2NCc2ccncc2)ccc1C(F)(F)C(F)(F)F. The van der Waals surface area contributed by atoms with Crippen molar-refractivity contribution in [2.75, 3.05) is 23.8 Å². The fraction of sp³-hybridized carbons (Fsp3) is 0.400. The van der Waals surface area contributed by atoms with Crippen LogP contribution < -0.4 is 15.4 Å². The second-order valence-electron chi connectivity index (χ2n) is 11.1. The Balaban J connectivity index is 1.56. The zero-order valence-electron chi connectivity index (χ0n) is 24.3. The monoisotopic (exact) mass is 621 g/mol. The van der Waals surface area contributed by atoms with E-state index in [1.165, 1.54) is 23.2 Å². The number of hydrogen-bond acceptors (Lipinski definition) is 7. The molecule has 0 aliphatic carbocycles. The summed E-state index contributed by atoms with van der Waals surface area (Å²) in [7, 11) is 0. The smallest absolute Gasteiger partial charge is 0.458 e. The Morgan fingerprint density at radius 2 is 1.75 bits per heavy atom. The molecule has 1 saturated heterocycles. The molecular weight excluding hydrogens is 589 g/mol. The predicted molar refractivity (Wildman–Crippen MR) is 152 cm³/mol. The number of carbonyl (C=O) groups excluding carboxylic acids is 2. The van der Waals surface area contributed by atoms with Gasteiger partial charge in [0.05, 0.1) is 17.2 Å². The number of carbonyl (C=O) groups is 2. The summed E-state index contributed by atoms with van der Waals surface area (Å²) in [5, 5.41) is 5.56. The molecule has 0 bridgehead atoms. The molecule has 1 atom stereocenters. The number of pyridine rings is 2. The summed E-state index contributed by atoms with van der Waals surface area (Å²) in [6.07, 6.45) is -0.872. The van der Waals surface area contributed by atoms with Crippen LogP contribution in [0.1, 0.15) is 55.1 Å². The normalized spacial score (nSPS) is 15.5. The van der Waals surface area contributed by atoms with Gasteiger partial charge in [-0.1, -0.05) is 0 Å². The molecule has 1 aromatic carbocycles. The van der Waals surface area contributed by atoms with Gasteiger partial charge in [-0.2, -0.15) is 22.0 Å². The van der Waals surface area contributed by atoms with Crippen molar-refractivity contribution in [3.63, 3.8) is 0 Å². The fourth-order valence-electron chi connectivity index (χ4n) is 4.50. The lowest BCUT2D eigenvalue weighted by molar-refractivity contribution is -0.289. The quantitative estimate of drug-likeness (QED) is 0.254. The van der Waals surface area contributed by atoms with E-state index in [1.807, 2.05) is 0 Å². The summed E-state index contributed by atoms with van der Waals surface area (Å²) in [6.45, 7) is 5.31. The van der Waals surface area contributed by atoms with Gasteiger partial charge in [-0.15, -0.1) is 0 Å². The second kappa shape index (κ2) is 13.0. The third-order valence-corrected chi connectivity index (χ3v) is 6.63. The molecule has 0 saturated carbocycles. The lowest BCUT2D eigenvalue weighted by Gasteiger charge is -2.29. The molecule has 2 amide bonds. The number of hydrogen-bond donors (Lipinski definition) is 2. The van der Waals surface area contributed by atoms with Gasteiger partial charge in [0.1, 0.15) is 23.8 Å². The average Bonchev–Trinajstić information content (AvgIpc) is 3.43. The van der Waals surface area contributed by atoms with Gasteiger partial charge in [-0.3, -0.25) is 9.78 Å². The van der Waals surface area contributed by atoms with Crippen molar-refractivity contribution in [2.45, 2.75) is 63.9 Å². The van der Waals surface area contributed by atoms with Crippen LogP contribution in [-0.4, -0.2) is 57.8 Å². The summed E-state index contributed by atoms with van der Waals surface area (Å²) >= 11 is 0. The number of ether oxygens (including phenoxy) is 2. The van der Waals surface area contributed by atoms with Crippen molar-refractivity contribution < 1.29 is 41.0 Å². The summed E-state index contributed by atoms with van der Waals surface area (Å²) < 4.78 is 80.2.